The van der Waals surface area contributed by atoms with Crippen LogP contribution in [0.5, 0.6) is 11.5 Å². The number of unbranched alkanes of at least 4 members (excludes halogenated alkanes) is 1. The van der Waals surface area contributed by atoms with Crippen LogP contribution in [0.3, 0.4) is 0 Å². The van der Waals surface area contributed by atoms with Crippen molar-refractivity contribution < 1.29 is 14.2 Å². The zero-order valence-electron chi connectivity index (χ0n) is 11.7. The van der Waals surface area contributed by atoms with Crippen LogP contribution in [0.1, 0.15) is 25.3 Å². The van der Waals surface area contributed by atoms with E-state index in [0.29, 0.717) is 23.3 Å². The summed E-state index contributed by atoms with van der Waals surface area (Å²) >= 11 is 5.09. The highest BCUT2D eigenvalue weighted by Gasteiger charge is 2.05. The fourth-order valence-corrected chi connectivity index (χ4v) is 1.70. The van der Waals surface area contributed by atoms with E-state index in [1.54, 1.807) is 14.2 Å². The molecule has 0 saturated heterocycles. The number of benzene rings is 1. The molecule has 5 heteroatoms. The van der Waals surface area contributed by atoms with Gasteiger partial charge in [-0.1, -0.05) is 19.4 Å². The highest BCUT2D eigenvalue weighted by atomic mass is 32.1. The minimum atomic E-state index is 0.415. The zero-order chi connectivity index (χ0) is 14.1. The zero-order valence-corrected chi connectivity index (χ0v) is 12.5. The Morgan fingerprint density at radius 2 is 1.95 bits per heavy atom. The predicted molar refractivity (Wildman–Crippen MR) is 79.8 cm³/mol. The van der Waals surface area contributed by atoms with E-state index in [9.17, 15) is 0 Å². The number of thiocarbonyl (C=S) groups is 1. The van der Waals surface area contributed by atoms with Crippen molar-refractivity contribution in [3.8, 4) is 11.5 Å². The van der Waals surface area contributed by atoms with E-state index < -0.39 is 0 Å². The first-order valence-corrected chi connectivity index (χ1v) is 6.73. The van der Waals surface area contributed by atoms with Crippen LogP contribution in [0.25, 0.3) is 0 Å². The lowest BCUT2D eigenvalue weighted by Crippen LogP contribution is -2.24. The quantitative estimate of drug-likeness (QED) is 0.615. The molecule has 0 aliphatic heterocycles. The molecule has 4 nitrogen and oxygen atoms in total. The van der Waals surface area contributed by atoms with Crippen LogP contribution >= 0.6 is 12.2 Å². The van der Waals surface area contributed by atoms with Crippen molar-refractivity contribution in [2.75, 3.05) is 20.8 Å². The van der Waals surface area contributed by atoms with Gasteiger partial charge in [-0.2, -0.15) is 0 Å². The summed E-state index contributed by atoms with van der Waals surface area (Å²) in [4.78, 5) is 0. The first kappa shape index (κ1) is 15.6. The topological polar surface area (TPSA) is 39.7 Å². The molecular weight excluding hydrogens is 262 g/mol. The SMILES string of the molecule is CCCCNC(=S)OCc1ccc(OC)c(OC)c1. The largest absolute Gasteiger partial charge is 0.493 e. The highest BCUT2D eigenvalue weighted by Crippen LogP contribution is 2.27. The number of ether oxygens (including phenoxy) is 3. The van der Waals surface area contributed by atoms with Crippen molar-refractivity contribution in [3.63, 3.8) is 0 Å². The van der Waals surface area contributed by atoms with E-state index in [0.717, 1.165) is 24.9 Å². The molecule has 19 heavy (non-hydrogen) atoms. The molecule has 0 aromatic heterocycles. The van der Waals surface area contributed by atoms with Gasteiger partial charge in [-0.3, -0.25) is 0 Å². The Labute approximate surface area is 120 Å². The number of hydrogen-bond acceptors (Lipinski definition) is 4. The molecule has 0 aliphatic rings. The van der Waals surface area contributed by atoms with Crippen LogP contribution in [-0.4, -0.2) is 25.9 Å². The number of methoxy groups -OCH3 is 2. The minimum Gasteiger partial charge on any atom is -0.493 e. The summed E-state index contributed by atoms with van der Waals surface area (Å²) in [5, 5.41) is 3.49. The van der Waals surface area contributed by atoms with Gasteiger partial charge in [-0.15, -0.1) is 0 Å². The standard InChI is InChI=1S/C14H21NO3S/c1-4-5-8-15-14(19)18-10-11-6-7-12(16-2)13(9-11)17-3/h6-7,9H,4-5,8,10H2,1-3H3,(H,15,19). The lowest BCUT2D eigenvalue weighted by Gasteiger charge is -2.11. The highest BCUT2D eigenvalue weighted by molar-refractivity contribution is 7.80. The monoisotopic (exact) mass is 283 g/mol. The van der Waals surface area contributed by atoms with E-state index in [2.05, 4.69) is 12.2 Å². The third-order valence-corrected chi connectivity index (χ3v) is 2.88. The van der Waals surface area contributed by atoms with E-state index in [-0.39, 0.29) is 0 Å². The molecule has 1 N–H and O–H groups in total. The molecule has 0 amide bonds. The average molecular weight is 283 g/mol. The van der Waals surface area contributed by atoms with Crippen molar-refractivity contribution in [2.24, 2.45) is 0 Å². The average Bonchev–Trinajstić information content (AvgIpc) is 2.45. The lowest BCUT2D eigenvalue weighted by molar-refractivity contribution is 0.284. The van der Waals surface area contributed by atoms with E-state index >= 15 is 0 Å². The van der Waals surface area contributed by atoms with Gasteiger partial charge in [0.2, 0.25) is 0 Å². The molecule has 0 fully saturated rings. The fourth-order valence-electron chi connectivity index (χ4n) is 1.54. The van der Waals surface area contributed by atoms with Gasteiger partial charge >= 0.3 is 0 Å². The first-order valence-electron chi connectivity index (χ1n) is 6.32. The Hall–Kier alpha value is -1.49. The maximum Gasteiger partial charge on any atom is 0.256 e. The molecule has 0 aliphatic carbocycles. The predicted octanol–water partition coefficient (Wildman–Crippen LogP) is 2.90. The number of hydrogen-bond donors (Lipinski definition) is 1. The van der Waals surface area contributed by atoms with Crippen molar-refractivity contribution in [3.05, 3.63) is 23.8 Å². The van der Waals surface area contributed by atoms with Crippen molar-refractivity contribution in [1.82, 2.24) is 5.32 Å². The lowest BCUT2D eigenvalue weighted by atomic mass is 10.2. The molecule has 0 spiro atoms. The summed E-state index contributed by atoms with van der Waals surface area (Å²) in [6, 6.07) is 5.66. The Morgan fingerprint density at radius 1 is 1.21 bits per heavy atom. The van der Waals surface area contributed by atoms with Gasteiger partial charge in [-0.25, -0.2) is 0 Å². The van der Waals surface area contributed by atoms with Crippen molar-refractivity contribution in [2.45, 2.75) is 26.4 Å². The third kappa shape index (κ3) is 5.34. The Balaban J connectivity index is 2.47. The molecular formula is C14H21NO3S. The van der Waals surface area contributed by atoms with E-state index in [4.69, 9.17) is 26.4 Å². The van der Waals surface area contributed by atoms with Crippen LogP contribution in [-0.2, 0) is 11.3 Å². The first-order chi connectivity index (χ1) is 9.21. The molecule has 0 bridgehead atoms. The second kappa shape index (κ2) is 8.58. The molecule has 0 unspecified atom stereocenters. The van der Waals surface area contributed by atoms with E-state index in [1.807, 2.05) is 18.2 Å². The van der Waals surface area contributed by atoms with Crippen molar-refractivity contribution in [1.29, 1.82) is 0 Å². The minimum absolute atomic E-state index is 0.415. The van der Waals surface area contributed by atoms with Crippen LogP contribution < -0.4 is 14.8 Å². The molecule has 0 heterocycles. The van der Waals surface area contributed by atoms with Gasteiger partial charge in [0, 0.05) is 6.54 Å². The van der Waals surface area contributed by atoms with Gasteiger partial charge in [-0.05, 0) is 36.3 Å². The second-order valence-electron chi connectivity index (χ2n) is 4.05. The Morgan fingerprint density at radius 3 is 2.58 bits per heavy atom. The van der Waals surface area contributed by atoms with Crippen LogP contribution in [0.2, 0.25) is 0 Å². The Kier molecular flexibility index (Phi) is 7.03. The molecule has 0 atom stereocenters. The van der Waals surface area contributed by atoms with E-state index in [1.165, 1.54) is 0 Å². The molecule has 1 aromatic rings. The maximum absolute atomic E-state index is 5.47. The summed E-state index contributed by atoms with van der Waals surface area (Å²) in [6.45, 7) is 3.40. The van der Waals surface area contributed by atoms with Gasteiger partial charge in [0.1, 0.15) is 6.61 Å². The maximum atomic E-state index is 5.47. The Bertz CT molecular complexity index is 410. The fraction of sp³-hybridized carbons (Fsp3) is 0.500. The van der Waals surface area contributed by atoms with Crippen LogP contribution in [0.15, 0.2) is 18.2 Å². The van der Waals surface area contributed by atoms with Crippen molar-refractivity contribution >= 4 is 17.4 Å². The summed E-state index contributed by atoms with van der Waals surface area (Å²) in [5.41, 5.74) is 0.984. The second-order valence-corrected chi connectivity index (χ2v) is 4.42. The summed E-state index contributed by atoms with van der Waals surface area (Å²) < 4.78 is 15.9. The normalized spacial score (nSPS) is 9.84. The van der Waals surface area contributed by atoms with Gasteiger partial charge < -0.3 is 19.5 Å². The van der Waals surface area contributed by atoms with Gasteiger partial charge in [0.25, 0.3) is 5.17 Å². The smallest absolute Gasteiger partial charge is 0.256 e. The number of nitrogens with one attached hydrogen (secondary N) is 1. The molecule has 1 aromatic carbocycles. The van der Waals surface area contributed by atoms with Gasteiger partial charge in [0.15, 0.2) is 11.5 Å². The number of rotatable bonds is 7. The summed E-state index contributed by atoms with van der Waals surface area (Å²) in [6.07, 6.45) is 2.21. The molecule has 0 saturated carbocycles. The third-order valence-electron chi connectivity index (χ3n) is 2.62. The van der Waals surface area contributed by atoms with Gasteiger partial charge in [0.05, 0.1) is 14.2 Å². The van der Waals surface area contributed by atoms with Crippen LogP contribution in [0.4, 0.5) is 0 Å². The molecule has 1 rings (SSSR count). The summed E-state index contributed by atoms with van der Waals surface area (Å²) in [7, 11) is 3.22. The molecule has 106 valence electrons. The van der Waals surface area contributed by atoms with Crippen LogP contribution in [0, 0.1) is 0 Å². The molecule has 0 radical (unpaired) electrons. The summed E-state index contributed by atoms with van der Waals surface area (Å²) in [5.74, 6) is 1.39.